The van der Waals surface area contributed by atoms with Crippen LogP contribution in [-0.2, 0) is 9.53 Å². The Morgan fingerprint density at radius 3 is 2.77 bits per heavy atom. The summed E-state index contributed by atoms with van der Waals surface area (Å²) in [6, 6.07) is -0.346. The fourth-order valence-corrected chi connectivity index (χ4v) is 1.02. The van der Waals surface area contributed by atoms with Crippen molar-refractivity contribution in [2.75, 3.05) is 32.8 Å². The van der Waals surface area contributed by atoms with E-state index in [1.54, 1.807) is 0 Å². The lowest BCUT2D eigenvalue weighted by atomic mass is 10.5. The summed E-state index contributed by atoms with van der Waals surface area (Å²) >= 11 is 0. The molecule has 13 heavy (non-hydrogen) atoms. The maximum Gasteiger partial charge on any atom is 0.324 e. The fraction of sp³-hybridized carbons (Fsp3) is 0.714. The topological polar surface area (TPSA) is 84.7 Å². The van der Waals surface area contributed by atoms with E-state index in [1.807, 2.05) is 0 Å². The summed E-state index contributed by atoms with van der Waals surface area (Å²) in [5, 5.41) is 2.42. The third kappa shape index (κ3) is 2.67. The summed E-state index contributed by atoms with van der Waals surface area (Å²) in [5.41, 5.74) is 5.19. The second-order valence-corrected chi connectivity index (χ2v) is 2.61. The predicted molar refractivity (Wildman–Crippen MR) is 45.0 cm³/mol. The van der Waals surface area contributed by atoms with Crippen molar-refractivity contribution in [1.82, 2.24) is 10.2 Å². The van der Waals surface area contributed by atoms with Crippen molar-refractivity contribution in [3.63, 3.8) is 0 Å². The number of carbonyl (C=O) groups excluding carboxylic acids is 2. The molecule has 0 aromatic carbocycles. The van der Waals surface area contributed by atoms with Crippen LogP contribution in [-0.4, -0.2) is 49.7 Å². The SMILES string of the molecule is NCCOCCN1C(=O)CNC1=O. The van der Waals surface area contributed by atoms with Gasteiger partial charge < -0.3 is 15.8 Å². The maximum absolute atomic E-state index is 11.0. The van der Waals surface area contributed by atoms with Crippen molar-refractivity contribution in [3.05, 3.63) is 0 Å². The lowest BCUT2D eigenvalue weighted by Gasteiger charge is -2.11. The number of amides is 3. The fourth-order valence-electron chi connectivity index (χ4n) is 1.02. The van der Waals surface area contributed by atoms with E-state index < -0.39 is 0 Å². The molecule has 1 aliphatic heterocycles. The average molecular weight is 187 g/mol. The Kier molecular flexibility index (Phi) is 3.66. The number of carbonyl (C=O) groups is 2. The van der Waals surface area contributed by atoms with Crippen LogP contribution in [0.2, 0.25) is 0 Å². The maximum atomic E-state index is 11.0. The second kappa shape index (κ2) is 4.78. The molecule has 6 nitrogen and oxygen atoms in total. The Morgan fingerprint density at radius 2 is 2.23 bits per heavy atom. The highest BCUT2D eigenvalue weighted by atomic mass is 16.5. The van der Waals surface area contributed by atoms with Crippen molar-refractivity contribution in [1.29, 1.82) is 0 Å². The molecule has 6 heteroatoms. The Labute approximate surface area is 76.0 Å². The number of ether oxygens (including phenoxy) is 1. The van der Waals surface area contributed by atoms with Crippen LogP contribution in [0.1, 0.15) is 0 Å². The van der Waals surface area contributed by atoms with Gasteiger partial charge in [0.05, 0.1) is 26.3 Å². The number of nitrogens with one attached hydrogen (secondary N) is 1. The summed E-state index contributed by atoms with van der Waals surface area (Å²) in [5.74, 6) is -0.207. The number of rotatable bonds is 5. The number of nitrogens with two attached hydrogens (primary N) is 1. The largest absolute Gasteiger partial charge is 0.378 e. The van der Waals surface area contributed by atoms with Gasteiger partial charge in [-0.1, -0.05) is 0 Å². The van der Waals surface area contributed by atoms with Crippen molar-refractivity contribution in [3.8, 4) is 0 Å². The first-order valence-electron chi connectivity index (χ1n) is 4.11. The number of hydrogen-bond donors (Lipinski definition) is 2. The molecule has 0 saturated carbocycles. The molecule has 0 bridgehead atoms. The van der Waals surface area contributed by atoms with Crippen LogP contribution in [0.3, 0.4) is 0 Å². The van der Waals surface area contributed by atoms with Crippen LogP contribution in [0.5, 0.6) is 0 Å². The highest BCUT2D eigenvalue weighted by Gasteiger charge is 2.27. The van der Waals surface area contributed by atoms with Crippen molar-refractivity contribution >= 4 is 11.9 Å². The third-order valence-corrected chi connectivity index (χ3v) is 1.66. The minimum absolute atomic E-state index is 0.0930. The molecule has 0 spiro atoms. The normalized spacial score (nSPS) is 16.5. The van der Waals surface area contributed by atoms with E-state index in [0.29, 0.717) is 26.3 Å². The molecule has 3 amide bonds. The molecule has 1 aliphatic rings. The quantitative estimate of drug-likeness (QED) is 0.406. The summed E-state index contributed by atoms with van der Waals surface area (Å²) in [4.78, 5) is 23.1. The molecule has 1 rings (SSSR count). The van der Waals surface area contributed by atoms with Crippen molar-refractivity contribution in [2.24, 2.45) is 5.73 Å². The molecule has 1 saturated heterocycles. The Hall–Kier alpha value is -1.14. The Balaban J connectivity index is 2.20. The van der Waals surface area contributed by atoms with E-state index in [2.05, 4.69) is 5.32 Å². The highest BCUT2D eigenvalue weighted by molar-refractivity contribution is 6.01. The van der Waals surface area contributed by atoms with Gasteiger partial charge in [0.15, 0.2) is 0 Å². The standard InChI is InChI=1S/C7H13N3O3/c8-1-3-13-4-2-10-6(11)5-9-7(10)12/h1-5,8H2,(H,9,12). The van der Waals surface area contributed by atoms with Gasteiger partial charge in [-0.25, -0.2) is 4.79 Å². The molecular formula is C7H13N3O3. The summed E-state index contributed by atoms with van der Waals surface area (Å²) in [6.07, 6.45) is 0. The first-order valence-corrected chi connectivity index (χ1v) is 4.11. The summed E-state index contributed by atoms with van der Waals surface area (Å²) < 4.78 is 5.04. The van der Waals surface area contributed by atoms with Gasteiger partial charge in [-0.2, -0.15) is 0 Å². The molecule has 0 aromatic heterocycles. The summed E-state index contributed by atoms with van der Waals surface area (Å²) in [6.45, 7) is 1.63. The van der Waals surface area contributed by atoms with E-state index in [-0.39, 0.29) is 18.5 Å². The van der Waals surface area contributed by atoms with E-state index in [1.165, 1.54) is 0 Å². The van der Waals surface area contributed by atoms with Crippen LogP contribution in [0.25, 0.3) is 0 Å². The molecule has 74 valence electrons. The van der Waals surface area contributed by atoms with Gasteiger partial charge in [-0.15, -0.1) is 0 Å². The number of imide groups is 1. The molecule has 0 aromatic rings. The van der Waals surface area contributed by atoms with Crippen LogP contribution in [0.4, 0.5) is 4.79 Å². The first-order chi connectivity index (χ1) is 6.25. The average Bonchev–Trinajstić information content (AvgIpc) is 2.42. The third-order valence-electron chi connectivity index (χ3n) is 1.66. The Bertz CT molecular complexity index is 191. The van der Waals surface area contributed by atoms with Crippen LogP contribution >= 0.6 is 0 Å². The summed E-state index contributed by atoms with van der Waals surface area (Å²) in [7, 11) is 0. The van der Waals surface area contributed by atoms with Crippen LogP contribution in [0, 0.1) is 0 Å². The van der Waals surface area contributed by atoms with Gasteiger partial charge in [-0.05, 0) is 0 Å². The van der Waals surface area contributed by atoms with Gasteiger partial charge in [0, 0.05) is 6.54 Å². The number of urea groups is 1. The van der Waals surface area contributed by atoms with Crippen molar-refractivity contribution in [2.45, 2.75) is 0 Å². The van der Waals surface area contributed by atoms with Gasteiger partial charge in [0.2, 0.25) is 5.91 Å². The monoisotopic (exact) mass is 187 g/mol. The molecular weight excluding hydrogens is 174 g/mol. The van der Waals surface area contributed by atoms with E-state index >= 15 is 0 Å². The minimum atomic E-state index is -0.346. The first kappa shape index (κ1) is 9.94. The molecule has 0 atom stereocenters. The molecule has 0 radical (unpaired) electrons. The molecule has 1 fully saturated rings. The van der Waals surface area contributed by atoms with Gasteiger partial charge in [-0.3, -0.25) is 9.69 Å². The smallest absolute Gasteiger partial charge is 0.324 e. The van der Waals surface area contributed by atoms with Crippen LogP contribution < -0.4 is 11.1 Å². The van der Waals surface area contributed by atoms with Gasteiger partial charge >= 0.3 is 6.03 Å². The van der Waals surface area contributed by atoms with E-state index in [0.717, 1.165) is 4.90 Å². The van der Waals surface area contributed by atoms with Gasteiger partial charge in [0.1, 0.15) is 0 Å². The predicted octanol–water partition coefficient (Wildman–Crippen LogP) is -1.49. The highest BCUT2D eigenvalue weighted by Crippen LogP contribution is 1.97. The molecule has 3 N–H and O–H groups in total. The zero-order chi connectivity index (χ0) is 9.68. The minimum Gasteiger partial charge on any atom is -0.378 e. The second-order valence-electron chi connectivity index (χ2n) is 2.61. The zero-order valence-corrected chi connectivity index (χ0v) is 7.28. The number of nitrogens with zero attached hydrogens (tertiary/aromatic N) is 1. The molecule has 1 heterocycles. The van der Waals surface area contributed by atoms with Crippen LogP contribution in [0.15, 0.2) is 0 Å². The van der Waals surface area contributed by atoms with Crippen molar-refractivity contribution < 1.29 is 14.3 Å². The lowest BCUT2D eigenvalue weighted by Crippen LogP contribution is -2.34. The number of hydrogen-bond acceptors (Lipinski definition) is 4. The van der Waals surface area contributed by atoms with E-state index in [9.17, 15) is 9.59 Å². The van der Waals surface area contributed by atoms with Gasteiger partial charge in [0.25, 0.3) is 0 Å². The lowest BCUT2D eigenvalue weighted by molar-refractivity contribution is -0.125. The molecule has 0 unspecified atom stereocenters. The Morgan fingerprint density at radius 1 is 1.46 bits per heavy atom. The zero-order valence-electron chi connectivity index (χ0n) is 7.28. The van der Waals surface area contributed by atoms with E-state index in [4.69, 9.17) is 10.5 Å². The molecule has 0 aliphatic carbocycles.